The lowest BCUT2D eigenvalue weighted by Gasteiger charge is -2.29. The van der Waals surface area contributed by atoms with Crippen molar-refractivity contribution in [3.05, 3.63) is 23.8 Å². The summed E-state index contributed by atoms with van der Waals surface area (Å²) in [6.45, 7) is 4.22. The smallest absolute Gasteiger partial charge is 0.316 e. The molecule has 0 heterocycles. The number of carbonyl (C=O) groups excluding carboxylic acids is 1. The van der Waals surface area contributed by atoms with Gasteiger partial charge in [0.05, 0.1) is 13.5 Å². The highest BCUT2D eigenvalue weighted by atomic mass is 32.2. The first kappa shape index (κ1) is 27.0. The maximum Gasteiger partial charge on any atom is 0.316 e. The summed E-state index contributed by atoms with van der Waals surface area (Å²) in [5, 5.41) is 3.30. The highest BCUT2D eigenvalue weighted by molar-refractivity contribution is 7.80. The number of unbranched alkanes of at least 4 members (excludes halogenated alkanes) is 6. The van der Waals surface area contributed by atoms with Gasteiger partial charge >= 0.3 is 10.5 Å². The van der Waals surface area contributed by atoms with E-state index in [1.807, 2.05) is 6.92 Å². The first-order chi connectivity index (χ1) is 14.8. The molecule has 0 saturated carbocycles. The normalized spacial score (nSPS) is 11.5. The number of nitrogens with one attached hydrogen (secondary N) is 1. The summed E-state index contributed by atoms with van der Waals surface area (Å²) in [4.78, 5) is 14.7. The summed E-state index contributed by atoms with van der Waals surface area (Å²) < 4.78 is 30.6. The molecule has 0 saturated heterocycles. The molecule has 0 aliphatic rings. The Bertz CT molecular complexity index is 848. The number of amides is 1. The number of nitrogens with zero attached hydrogens (tertiary/aromatic N) is 2. The summed E-state index contributed by atoms with van der Waals surface area (Å²) in [6.07, 6.45) is 9.46. The van der Waals surface area contributed by atoms with Gasteiger partial charge in [0, 0.05) is 13.1 Å². The maximum atomic E-state index is 13.1. The molecule has 9 heteroatoms. The van der Waals surface area contributed by atoms with E-state index in [9.17, 15) is 13.2 Å². The predicted molar refractivity (Wildman–Crippen MR) is 128 cm³/mol. The van der Waals surface area contributed by atoms with Gasteiger partial charge in [-0.2, -0.15) is 8.42 Å². The molecule has 0 fully saturated rings. The number of methoxy groups -OCH3 is 1. The van der Waals surface area contributed by atoms with Crippen LogP contribution in [0.4, 0.5) is 5.69 Å². The minimum Gasteiger partial charge on any atom is -0.494 e. The summed E-state index contributed by atoms with van der Waals surface area (Å²) in [5.41, 5.74) is 0.807. The number of hydrogen-bond donors (Lipinski definition) is 1. The van der Waals surface area contributed by atoms with Gasteiger partial charge < -0.3 is 10.1 Å². The SMILES string of the molecule is CCCCCCCCCC(C)N(C(=O)Cc1ccc(OC)c(N=S(=O)=O)c1)C(=S)NC. The van der Waals surface area contributed by atoms with E-state index in [1.54, 1.807) is 30.1 Å². The zero-order valence-corrected chi connectivity index (χ0v) is 20.7. The van der Waals surface area contributed by atoms with Gasteiger partial charge in [0.1, 0.15) is 11.4 Å². The van der Waals surface area contributed by atoms with Gasteiger partial charge in [-0.05, 0) is 43.3 Å². The van der Waals surface area contributed by atoms with Crippen molar-refractivity contribution in [2.75, 3.05) is 14.2 Å². The van der Waals surface area contributed by atoms with Crippen LogP contribution in [0.3, 0.4) is 0 Å². The van der Waals surface area contributed by atoms with Gasteiger partial charge in [0.15, 0.2) is 5.11 Å². The fourth-order valence-electron chi connectivity index (χ4n) is 3.46. The molecule has 0 radical (unpaired) electrons. The zero-order chi connectivity index (χ0) is 23.2. The molecule has 1 rings (SSSR count). The van der Waals surface area contributed by atoms with Gasteiger partial charge in [0.25, 0.3) is 0 Å². The Kier molecular flexibility index (Phi) is 13.0. The van der Waals surface area contributed by atoms with Gasteiger partial charge in [0.2, 0.25) is 5.91 Å². The average molecular weight is 470 g/mol. The number of benzene rings is 1. The quantitative estimate of drug-likeness (QED) is 0.330. The number of hydrogen-bond acceptors (Lipinski definition) is 6. The van der Waals surface area contributed by atoms with Crippen LogP contribution < -0.4 is 10.1 Å². The molecule has 174 valence electrons. The van der Waals surface area contributed by atoms with E-state index in [2.05, 4.69) is 16.6 Å². The lowest BCUT2D eigenvalue weighted by molar-refractivity contribution is -0.128. The average Bonchev–Trinajstić information content (AvgIpc) is 2.72. The van der Waals surface area contributed by atoms with Crippen molar-refractivity contribution in [3.8, 4) is 5.75 Å². The number of ether oxygens (including phenoxy) is 1. The summed E-state index contributed by atoms with van der Waals surface area (Å²) in [6, 6.07) is 4.86. The van der Waals surface area contributed by atoms with Crippen LogP contribution in [0.25, 0.3) is 0 Å². The number of rotatable bonds is 13. The minimum atomic E-state index is -2.61. The number of carbonyl (C=O) groups is 1. The van der Waals surface area contributed by atoms with Gasteiger partial charge in [-0.25, -0.2) is 0 Å². The zero-order valence-electron chi connectivity index (χ0n) is 19.0. The molecule has 1 amide bonds. The van der Waals surface area contributed by atoms with Crippen molar-refractivity contribution < 1.29 is 17.9 Å². The third-order valence-corrected chi connectivity index (χ3v) is 5.89. The molecular formula is C22H35N3O4S2. The van der Waals surface area contributed by atoms with Gasteiger partial charge in [-0.15, -0.1) is 4.36 Å². The Hall–Kier alpha value is -2.00. The summed E-state index contributed by atoms with van der Waals surface area (Å²) in [5.74, 6) is 0.185. The fraction of sp³-hybridized carbons (Fsp3) is 0.636. The lowest BCUT2D eigenvalue weighted by Crippen LogP contribution is -2.48. The van der Waals surface area contributed by atoms with E-state index in [4.69, 9.17) is 17.0 Å². The summed E-state index contributed by atoms with van der Waals surface area (Å²) in [7, 11) is 0.528. The third-order valence-electron chi connectivity index (χ3n) is 5.14. The highest BCUT2D eigenvalue weighted by Gasteiger charge is 2.24. The topological polar surface area (TPSA) is 88.1 Å². The molecule has 1 N–H and O–H groups in total. The molecule has 0 aromatic heterocycles. The molecular weight excluding hydrogens is 434 g/mol. The Morgan fingerprint density at radius 3 is 2.42 bits per heavy atom. The van der Waals surface area contributed by atoms with Crippen LogP contribution in [-0.2, 0) is 21.7 Å². The van der Waals surface area contributed by atoms with E-state index >= 15 is 0 Å². The minimum absolute atomic E-state index is 0.0281. The first-order valence-corrected chi connectivity index (χ1v) is 12.3. The molecule has 0 aliphatic carbocycles. The molecule has 7 nitrogen and oxygen atoms in total. The fourth-order valence-corrected chi connectivity index (χ4v) is 4.05. The molecule has 0 bridgehead atoms. The molecule has 1 unspecified atom stereocenters. The number of thiocarbonyl (C=S) groups is 1. The molecule has 1 aromatic rings. The van der Waals surface area contributed by atoms with Crippen LogP contribution in [0.2, 0.25) is 0 Å². The van der Waals surface area contributed by atoms with Crippen molar-refractivity contribution >= 4 is 39.4 Å². The Morgan fingerprint density at radius 1 is 1.19 bits per heavy atom. The van der Waals surface area contributed by atoms with E-state index in [0.29, 0.717) is 16.4 Å². The second-order valence-corrected chi connectivity index (χ2v) is 8.57. The largest absolute Gasteiger partial charge is 0.494 e. The van der Waals surface area contributed by atoms with Crippen LogP contribution in [0.1, 0.15) is 70.8 Å². The molecule has 1 aromatic carbocycles. The molecule has 0 aliphatic heterocycles. The van der Waals surface area contributed by atoms with Crippen molar-refractivity contribution in [3.63, 3.8) is 0 Å². The van der Waals surface area contributed by atoms with Crippen molar-refractivity contribution in [1.82, 2.24) is 10.2 Å². The predicted octanol–water partition coefficient (Wildman–Crippen LogP) is 4.79. The standard InChI is InChI=1S/C22H35N3O4S2/c1-5-6-7-8-9-10-11-12-17(2)25(22(30)23-3)21(26)16-18-13-14-20(29-4)19(15-18)24-31(27)28/h13-15,17H,5-12,16H2,1-4H3,(H,23,30). The molecule has 0 spiro atoms. The van der Waals surface area contributed by atoms with Crippen LogP contribution in [0.5, 0.6) is 5.75 Å². The van der Waals surface area contributed by atoms with E-state index in [0.717, 1.165) is 19.3 Å². The van der Waals surface area contributed by atoms with E-state index < -0.39 is 10.5 Å². The van der Waals surface area contributed by atoms with E-state index in [-0.39, 0.29) is 24.1 Å². The Morgan fingerprint density at radius 2 is 1.84 bits per heavy atom. The lowest BCUT2D eigenvalue weighted by atomic mass is 10.0. The highest BCUT2D eigenvalue weighted by Crippen LogP contribution is 2.29. The monoisotopic (exact) mass is 469 g/mol. The Balaban J connectivity index is 2.80. The second kappa shape index (κ2) is 14.9. The van der Waals surface area contributed by atoms with Crippen molar-refractivity contribution in [2.45, 2.75) is 77.7 Å². The molecule has 31 heavy (non-hydrogen) atoms. The van der Waals surface area contributed by atoms with Gasteiger partial charge in [-0.3, -0.25) is 9.69 Å². The summed E-state index contributed by atoms with van der Waals surface area (Å²) >= 11 is 5.39. The van der Waals surface area contributed by atoms with Crippen LogP contribution in [-0.4, -0.2) is 44.5 Å². The van der Waals surface area contributed by atoms with Crippen LogP contribution in [0.15, 0.2) is 22.6 Å². The second-order valence-electron chi connectivity index (χ2n) is 7.57. The van der Waals surface area contributed by atoms with Crippen LogP contribution in [0, 0.1) is 0 Å². The van der Waals surface area contributed by atoms with Crippen molar-refractivity contribution in [2.24, 2.45) is 4.36 Å². The van der Waals surface area contributed by atoms with Gasteiger partial charge in [-0.1, -0.05) is 57.9 Å². The Labute approximate surface area is 193 Å². The van der Waals surface area contributed by atoms with Crippen LogP contribution >= 0.6 is 12.2 Å². The van der Waals surface area contributed by atoms with E-state index in [1.165, 1.54) is 39.2 Å². The maximum absolute atomic E-state index is 13.1. The van der Waals surface area contributed by atoms with Crippen molar-refractivity contribution in [1.29, 1.82) is 0 Å². The molecule has 1 atom stereocenters. The third kappa shape index (κ3) is 9.78. The first-order valence-electron chi connectivity index (χ1n) is 10.9.